The number of hydrogen-bond acceptors (Lipinski definition) is 2. The van der Waals surface area contributed by atoms with Gasteiger partial charge >= 0.3 is 0 Å². The van der Waals surface area contributed by atoms with Crippen molar-refractivity contribution >= 4 is 0 Å². The second kappa shape index (κ2) is 3.74. The van der Waals surface area contributed by atoms with E-state index in [1.54, 1.807) is 0 Å². The van der Waals surface area contributed by atoms with E-state index in [0.717, 1.165) is 0 Å². The predicted molar refractivity (Wildman–Crippen MR) is 30.5 cm³/mol. The summed E-state index contributed by atoms with van der Waals surface area (Å²) in [5, 5.41) is 0. The summed E-state index contributed by atoms with van der Waals surface area (Å²) in [5.41, 5.74) is 4.91. The van der Waals surface area contributed by atoms with Gasteiger partial charge in [0.05, 0.1) is 0 Å². The Morgan fingerprint density at radius 1 is 1.56 bits per heavy atom. The van der Waals surface area contributed by atoms with Crippen molar-refractivity contribution in [3.8, 4) is 0 Å². The molecule has 0 bridgehead atoms. The SMILES string of the molecule is COCC(F)(F)CCN. The zero-order chi connectivity index (χ0) is 7.33. The third kappa shape index (κ3) is 4.29. The minimum atomic E-state index is -2.75. The number of rotatable bonds is 4. The van der Waals surface area contributed by atoms with Crippen molar-refractivity contribution in [1.82, 2.24) is 0 Å². The molecule has 0 aliphatic heterocycles. The van der Waals surface area contributed by atoms with Crippen LogP contribution in [0.2, 0.25) is 0 Å². The highest BCUT2D eigenvalue weighted by atomic mass is 19.3. The second-order valence-corrected chi connectivity index (χ2v) is 1.83. The van der Waals surface area contributed by atoms with E-state index in [4.69, 9.17) is 5.73 Å². The summed E-state index contributed by atoms with van der Waals surface area (Å²) in [5.74, 6) is -2.75. The van der Waals surface area contributed by atoms with Gasteiger partial charge in [-0.25, -0.2) is 8.78 Å². The van der Waals surface area contributed by atoms with Crippen molar-refractivity contribution < 1.29 is 13.5 Å². The fourth-order valence-corrected chi connectivity index (χ4v) is 0.495. The van der Waals surface area contributed by atoms with E-state index in [1.807, 2.05) is 0 Å². The van der Waals surface area contributed by atoms with Crippen LogP contribution in [0, 0.1) is 0 Å². The lowest BCUT2D eigenvalue weighted by molar-refractivity contribution is -0.0677. The average Bonchev–Trinajstić information content (AvgIpc) is 1.64. The van der Waals surface area contributed by atoms with Crippen LogP contribution in [0.5, 0.6) is 0 Å². The van der Waals surface area contributed by atoms with Crippen LogP contribution in [0.1, 0.15) is 6.42 Å². The molecule has 2 nitrogen and oxygen atoms in total. The highest BCUT2D eigenvalue weighted by molar-refractivity contribution is 4.64. The van der Waals surface area contributed by atoms with Crippen molar-refractivity contribution in [3.05, 3.63) is 0 Å². The summed E-state index contributed by atoms with van der Waals surface area (Å²) >= 11 is 0. The van der Waals surface area contributed by atoms with Gasteiger partial charge in [0.15, 0.2) is 0 Å². The van der Waals surface area contributed by atoms with Crippen molar-refractivity contribution in [2.45, 2.75) is 12.3 Å². The standard InChI is InChI=1S/C5H11F2NO/c1-9-4-5(6,7)2-3-8/h2-4,8H2,1H3. The number of methoxy groups -OCH3 is 1. The van der Waals surface area contributed by atoms with Gasteiger partial charge in [0.25, 0.3) is 5.92 Å². The Bertz CT molecular complexity index is 69.4. The summed E-state index contributed by atoms with van der Waals surface area (Å²) in [6.45, 7) is -0.541. The van der Waals surface area contributed by atoms with Crippen LogP contribution in [0.4, 0.5) is 8.78 Å². The molecule has 0 heterocycles. The van der Waals surface area contributed by atoms with Crippen LogP contribution in [0.25, 0.3) is 0 Å². The maximum atomic E-state index is 12.2. The first kappa shape index (κ1) is 8.78. The van der Waals surface area contributed by atoms with Gasteiger partial charge in [-0.1, -0.05) is 0 Å². The van der Waals surface area contributed by atoms with Gasteiger partial charge in [-0.3, -0.25) is 0 Å². The molecule has 4 heteroatoms. The van der Waals surface area contributed by atoms with Gasteiger partial charge in [-0.05, 0) is 6.54 Å². The van der Waals surface area contributed by atoms with Crippen molar-refractivity contribution in [3.63, 3.8) is 0 Å². The van der Waals surface area contributed by atoms with Crippen LogP contribution in [0.15, 0.2) is 0 Å². The van der Waals surface area contributed by atoms with Crippen LogP contribution < -0.4 is 5.73 Å². The van der Waals surface area contributed by atoms with Crippen LogP contribution in [0.3, 0.4) is 0 Å². The molecule has 0 unspecified atom stereocenters. The van der Waals surface area contributed by atoms with Gasteiger partial charge < -0.3 is 10.5 Å². The minimum Gasteiger partial charge on any atom is -0.378 e. The van der Waals surface area contributed by atoms with E-state index in [9.17, 15) is 8.78 Å². The first-order chi connectivity index (χ1) is 4.12. The lowest BCUT2D eigenvalue weighted by atomic mass is 10.2. The predicted octanol–water partition coefficient (Wildman–Crippen LogP) is 0.617. The van der Waals surface area contributed by atoms with Crippen LogP contribution in [-0.2, 0) is 4.74 Å². The lowest BCUT2D eigenvalue weighted by Crippen LogP contribution is -2.26. The normalized spacial score (nSPS) is 12.0. The molecule has 9 heavy (non-hydrogen) atoms. The highest BCUT2D eigenvalue weighted by Gasteiger charge is 2.26. The molecule has 0 radical (unpaired) electrons. The van der Waals surface area contributed by atoms with Crippen LogP contribution >= 0.6 is 0 Å². The highest BCUT2D eigenvalue weighted by Crippen LogP contribution is 2.16. The molecule has 0 saturated carbocycles. The molecule has 0 aliphatic rings. The molecule has 0 aromatic rings. The molecule has 0 atom stereocenters. The maximum absolute atomic E-state index is 12.2. The summed E-state index contributed by atoms with van der Waals surface area (Å²) in [7, 11) is 1.24. The molecule has 0 spiro atoms. The molecule has 0 amide bonds. The molecule has 0 aromatic carbocycles. The molecule has 0 fully saturated rings. The Kier molecular flexibility index (Phi) is 3.65. The zero-order valence-corrected chi connectivity index (χ0v) is 5.36. The largest absolute Gasteiger partial charge is 0.378 e. The number of alkyl halides is 2. The first-order valence-corrected chi connectivity index (χ1v) is 2.69. The molecular weight excluding hydrogens is 128 g/mol. The summed E-state index contributed by atoms with van der Waals surface area (Å²) in [6.07, 6.45) is -0.305. The van der Waals surface area contributed by atoms with Crippen LogP contribution in [-0.4, -0.2) is 26.2 Å². The number of ether oxygens (including phenoxy) is 1. The minimum absolute atomic E-state index is 0.00361. The smallest absolute Gasteiger partial charge is 0.272 e. The van der Waals surface area contributed by atoms with E-state index in [-0.39, 0.29) is 13.0 Å². The number of hydrogen-bond donors (Lipinski definition) is 1. The Morgan fingerprint density at radius 2 is 2.11 bits per heavy atom. The first-order valence-electron chi connectivity index (χ1n) is 2.69. The van der Waals surface area contributed by atoms with Gasteiger partial charge in [-0.15, -0.1) is 0 Å². The van der Waals surface area contributed by atoms with Crippen molar-refractivity contribution in [2.75, 3.05) is 20.3 Å². The average molecular weight is 139 g/mol. The second-order valence-electron chi connectivity index (χ2n) is 1.83. The summed E-state index contributed by atoms with van der Waals surface area (Å²) in [6, 6.07) is 0. The van der Waals surface area contributed by atoms with E-state index in [1.165, 1.54) is 7.11 Å². The van der Waals surface area contributed by atoms with E-state index >= 15 is 0 Å². The van der Waals surface area contributed by atoms with Gasteiger partial charge in [0, 0.05) is 13.5 Å². The molecule has 2 N–H and O–H groups in total. The number of halogens is 2. The third-order valence-corrected chi connectivity index (χ3v) is 0.866. The lowest BCUT2D eigenvalue weighted by Gasteiger charge is -2.12. The molecule has 0 saturated heterocycles. The molecule has 0 aliphatic carbocycles. The molecule has 0 rings (SSSR count). The van der Waals surface area contributed by atoms with E-state index < -0.39 is 12.5 Å². The Morgan fingerprint density at radius 3 is 2.44 bits per heavy atom. The fraction of sp³-hybridized carbons (Fsp3) is 1.00. The Labute approximate surface area is 53.0 Å². The Balaban J connectivity index is 3.43. The fourth-order valence-electron chi connectivity index (χ4n) is 0.495. The van der Waals surface area contributed by atoms with Gasteiger partial charge in [0.2, 0.25) is 0 Å². The summed E-state index contributed by atoms with van der Waals surface area (Å²) in [4.78, 5) is 0. The molecule has 0 aromatic heterocycles. The summed E-state index contributed by atoms with van der Waals surface area (Å²) < 4.78 is 28.7. The van der Waals surface area contributed by atoms with Crippen molar-refractivity contribution in [1.29, 1.82) is 0 Å². The molecule has 56 valence electrons. The van der Waals surface area contributed by atoms with E-state index in [0.29, 0.717) is 0 Å². The third-order valence-electron chi connectivity index (χ3n) is 0.866. The topological polar surface area (TPSA) is 35.2 Å². The maximum Gasteiger partial charge on any atom is 0.272 e. The quantitative estimate of drug-likeness (QED) is 0.619. The van der Waals surface area contributed by atoms with Gasteiger partial charge in [0.1, 0.15) is 6.61 Å². The number of nitrogens with two attached hydrogens (primary N) is 1. The van der Waals surface area contributed by atoms with E-state index in [2.05, 4.69) is 4.74 Å². The van der Waals surface area contributed by atoms with Crippen molar-refractivity contribution in [2.24, 2.45) is 5.73 Å². The van der Waals surface area contributed by atoms with Gasteiger partial charge in [-0.2, -0.15) is 0 Å². The zero-order valence-electron chi connectivity index (χ0n) is 5.36. The molecular formula is C5H11F2NO. The Hall–Kier alpha value is -0.220. The monoisotopic (exact) mass is 139 g/mol.